The molecule has 2 nitrogen and oxygen atoms in total. The van der Waals surface area contributed by atoms with Crippen molar-refractivity contribution in [2.45, 2.75) is 32.2 Å². The van der Waals surface area contributed by atoms with Crippen molar-refractivity contribution in [2.24, 2.45) is 0 Å². The summed E-state index contributed by atoms with van der Waals surface area (Å²) in [5, 5.41) is 3.19. The van der Waals surface area contributed by atoms with Gasteiger partial charge in [0.05, 0.1) is 6.04 Å². The zero-order valence-corrected chi connectivity index (χ0v) is 7.02. The fourth-order valence-corrected chi connectivity index (χ4v) is 1.37. The lowest BCUT2D eigenvalue weighted by atomic mass is 9.98. The van der Waals surface area contributed by atoms with Crippen LogP contribution in [-0.2, 0) is 4.79 Å². The lowest BCUT2D eigenvalue weighted by molar-refractivity contribution is -0.117. The van der Waals surface area contributed by atoms with Crippen LogP contribution in [0.3, 0.4) is 0 Å². The molecule has 0 aromatic carbocycles. The summed E-state index contributed by atoms with van der Waals surface area (Å²) in [4.78, 5) is 11.3. The third-order valence-electron chi connectivity index (χ3n) is 2.05. The summed E-state index contributed by atoms with van der Waals surface area (Å²) in [6.07, 6.45) is 3.34. The van der Waals surface area contributed by atoms with E-state index in [4.69, 9.17) is 0 Å². The van der Waals surface area contributed by atoms with E-state index >= 15 is 0 Å². The number of hydrogen-bond acceptors (Lipinski definition) is 2. The maximum atomic E-state index is 11.3. The van der Waals surface area contributed by atoms with Crippen LogP contribution in [-0.4, -0.2) is 18.4 Å². The van der Waals surface area contributed by atoms with E-state index in [1.165, 1.54) is 6.42 Å². The molecule has 0 aliphatic carbocycles. The fourth-order valence-electron chi connectivity index (χ4n) is 1.37. The number of carbonyl (C=O) groups is 1. The average Bonchev–Trinajstić information content (AvgIpc) is 2.05. The van der Waals surface area contributed by atoms with Gasteiger partial charge >= 0.3 is 0 Å². The summed E-state index contributed by atoms with van der Waals surface area (Å²) in [5.41, 5.74) is 0.671. The van der Waals surface area contributed by atoms with Crippen molar-refractivity contribution < 1.29 is 4.79 Å². The molecule has 0 aromatic heterocycles. The Hall–Kier alpha value is -0.630. The minimum atomic E-state index is 0.0567. The maximum absolute atomic E-state index is 11.3. The summed E-state index contributed by atoms with van der Waals surface area (Å²) in [5.74, 6) is 0.185. The monoisotopic (exact) mass is 153 g/mol. The Bertz CT molecular complexity index is 168. The second kappa shape index (κ2) is 3.67. The molecule has 0 unspecified atom stereocenters. The molecule has 1 saturated heterocycles. The first-order chi connectivity index (χ1) is 5.22. The van der Waals surface area contributed by atoms with Gasteiger partial charge in [0, 0.05) is 0 Å². The summed E-state index contributed by atoms with van der Waals surface area (Å²) >= 11 is 0. The van der Waals surface area contributed by atoms with Gasteiger partial charge in [-0.05, 0) is 31.9 Å². The predicted octanol–water partition coefficient (Wildman–Crippen LogP) is 1.27. The Morgan fingerprint density at radius 3 is 2.73 bits per heavy atom. The number of ketones is 1. The molecule has 1 N–H and O–H groups in total. The highest BCUT2D eigenvalue weighted by atomic mass is 16.1. The van der Waals surface area contributed by atoms with Crippen molar-refractivity contribution in [1.82, 2.24) is 5.32 Å². The number of Topliss-reactive ketones (excluding diaryl/α,β-unsaturated/α-hetero) is 1. The highest BCUT2D eigenvalue weighted by Gasteiger charge is 2.19. The lowest BCUT2D eigenvalue weighted by Crippen LogP contribution is -2.40. The van der Waals surface area contributed by atoms with Gasteiger partial charge in [-0.2, -0.15) is 0 Å². The topological polar surface area (TPSA) is 29.1 Å². The third kappa shape index (κ3) is 2.15. The Morgan fingerprint density at radius 2 is 2.27 bits per heavy atom. The van der Waals surface area contributed by atoms with Gasteiger partial charge in [0.2, 0.25) is 0 Å². The van der Waals surface area contributed by atoms with Gasteiger partial charge in [-0.25, -0.2) is 0 Å². The van der Waals surface area contributed by atoms with Crippen LogP contribution in [0.2, 0.25) is 0 Å². The lowest BCUT2D eigenvalue weighted by Gasteiger charge is -2.21. The van der Waals surface area contributed by atoms with Gasteiger partial charge < -0.3 is 5.32 Å². The smallest absolute Gasteiger partial charge is 0.174 e. The van der Waals surface area contributed by atoms with E-state index < -0.39 is 0 Å². The Balaban J connectivity index is 2.45. The van der Waals surface area contributed by atoms with Crippen LogP contribution in [0.1, 0.15) is 26.2 Å². The zero-order chi connectivity index (χ0) is 8.27. The molecule has 11 heavy (non-hydrogen) atoms. The minimum Gasteiger partial charge on any atom is -0.307 e. The average molecular weight is 153 g/mol. The van der Waals surface area contributed by atoms with Gasteiger partial charge in [-0.15, -0.1) is 0 Å². The van der Waals surface area contributed by atoms with E-state index in [1.54, 1.807) is 6.92 Å². The van der Waals surface area contributed by atoms with E-state index in [0.717, 1.165) is 19.4 Å². The Labute approximate surface area is 67.7 Å². The normalized spacial score (nSPS) is 24.6. The van der Waals surface area contributed by atoms with E-state index in [9.17, 15) is 4.79 Å². The number of carbonyl (C=O) groups excluding carboxylic acids is 1. The van der Waals surface area contributed by atoms with Crippen LogP contribution in [0.15, 0.2) is 12.2 Å². The molecule has 1 aliphatic rings. The predicted molar refractivity (Wildman–Crippen MR) is 45.5 cm³/mol. The molecule has 0 saturated carbocycles. The van der Waals surface area contributed by atoms with Crippen LogP contribution in [0, 0.1) is 0 Å². The number of piperidine rings is 1. The molecule has 2 heteroatoms. The summed E-state index contributed by atoms with van der Waals surface area (Å²) in [6.45, 7) is 6.39. The number of rotatable bonds is 2. The molecule has 0 spiro atoms. The van der Waals surface area contributed by atoms with Crippen LogP contribution >= 0.6 is 0 Å². The molecule has 1 heterocycles. The first-order valence-corrected chi connectivity index (χ1v) is 4.15. The molecule has 0 amide bonds. The quantitative estimate of drug-likeness (QED) is 0.605. The fraction of sp³-hybridized carbons (Fsp3) is 0.667. The van der Waals surface area contributed by atoms with Gasteiger partial charge in [0.25, 0.3) is 0 Å². The molecule has 1 rings (SSSR count). The standard InChI is InChI=1S/C9H15NO/c1-7(2)9(11)8-5-3-4-6-10-8/h8,10H,1,3-6H2,2H3/t8-/m0/s1. The second-order valence-corrected chi connectivity index (χ2v) is 3.15. The van der Waals surface area contributed by atoms with E-state index in [1.807, 2.05) is 0 Å². The van der Waals surface area contributed by atoms with Crippen LogP contribution in [0.25, 0.3) is 0 Å². The molecule has 1 aliphatic heterocycles. The molecule has 1 fully saturated rings. The Morgan fingerprint density at radius 1 is 1.55 bits per heavy atom. The highest BCUT2D eigenvalue weighted by molar-refractivity contribution is 5.98. The first-order valence-electron chi connectivity index (χ1n) is 4.15. The van der Waals surface area contributed by atoms with Crippen molar-refractivity contribution in [1.29, 1.82) is 0 Å². The third-order valence-corrected chi connectivity index (χ3v) is 2.05. The molecular weight excluding hydrogens is 138 g/mol. The minimum absolute atomic E-state index is 0.0567. The van der Waals surface area contributed by atoms with E-state index in [-0.39, 0.29) is 11.8 Å². The van der Waals surface area contributed by atoms with Gasteiger partial charge in [-0.3, -0.25) is 4.79 Å². The molecule has 1 atom stereocenters. The number of nitrogens with one attached hydrogen (secondary N) is 1. The molecular formula is C9H15NO. The van der Waals surface area contributed by atoms with Crippen molar-refractivity contribution >= 4 is 5.78 Å². The number of hydrogen-bond donors (Lipinski definition) is 1. The van der Waals surface area contributed by atoms with Gasteiger partial charge in [-0.1, -0.05) is 13.0 Å². The molecule has 0 aromatic rings. The van der Waals surface area contributed by atoms with Gasteiger partial charge in [0.15, 0.2) is 5.78 Å². The SMILES string of the molecule is C=C(C)C(=O)[C@@H]1CCCCN1. The van der Waals surface area contributed by atoms with Crippen molar-refractivity contribution in [2.75, 3.05) is 6.54 Å². The van der Waals surface area contributed by atoms with Crippen molar-refractivity contribution in [3.8, 4) is 0 Å². The van der Waals surface area contributed by atoms with Crippen LogP contribution in [0.5, 0.6) is 0 Å². The van der Waals surface area contributed by atoms with E-state index in [2.05, 4.69) is 11.9 Å². The van der Waals surface area contributed by atoms with Gasteiger partial charge in [0.1, 0.15) is 0 Å². The van der Waals surface area contributed by atoms with Crippen molar-refractivity contribution in [3.05, 3.63) is 12.2 Å². The first kappa shape index (κ1) is 8.47. The maximum Gasteiger partial charge on any atom is 0.174 e. The summed E-state index contributed by atoms with van der Waals surface area (Å²) in [6, 6.07) is 0.0567. The van der Waals surface area contributed by atoms with Crippen molar-refractivity contribution in [3.63, 3.8) is 0 Å². The highest BCUT2D eigenvalue weighted by Crippen LogP contribution is 2.10. The second-order valence-electron chi connectivity index (χ2n) is 3.15. The summed E-state index contributed by atoms with van der Waals surface area (Å²) in [7, 11) is 0. The van der Waals surface area contributed by atoms with Crippen LogP contribution < -0.4 is 5.32 Å². The largest absolute Gasteiger partial charge is 0.307 e. The Kier molecular flexibility index (Phi) is 2.83. The molecule has 0 bridgehead atoms. The zero-order valence-electron chi connectivity index (χ0n) is 7.02. The van der Waals surface area contributed by atoms with Crippen LogP contribution in [0.4, 0.5) is 0 Å². The summed E-state index contributed by atoms with van der Waals surface area (Å²) < 4.78 is 0. The molecule has 62 valence electrons. The van der Waals surface area contributed by atoms with E-state index in [0.29, 0.717) is 5.57 Å². The molecule has 0 radical (unpaired) electrons.